The molecule has 0 saturated carbocycles. The van der Waals surface area contributed by atoms with Crippen molar-refractivity contribution in [1.29, 1.82) is 0 Å². The van der Waals surface area contributed by atoms with Gasteiger partial charge in [0.05, 0.1) is 0 Å². The van der Waals surface area contributed by atoms with E-state index in [9.17, 15) is 9.59 Å². The molecule has 0 aromatic heterocycles. The first-order valence-corrected chi connectivity index (χ1v) is 10.0. The van der Waals surface area contributed by atoms with Crippen molar-refractivity contribution in [3.05, 3.63) is 71.8 Å². The average molecular weight is 380 g/mol. The van der Waals surface area contributed by atoms with Gasteiger partial charge in [-0.15, -0.1) is 0 Å². The molecule has 1 aliphatic heterocycles. The summed E-state index contributed by atoms with van der Waals surface area (Å²) in [7, 11) is 0. The maximum Gasteiger partial charge on any atom is 0.232 e. The normalized spacial score (nSPS) is 14.7. The molecule has 2 aromatic rings. The Morgan fingerprint density at radius 3 is 2.00 bits per heavy atom. The second-order valence-corrected chi connectivity index (χ2v) is 7.21. The maximum absolute atomic E-state index is 12.6. The summed E-state index contributed by atoms with van der Waals surface area (Å²) in [5.41, 5.74) is 2.37. The van der Waals surface area contributed by atoms with Gasteiger partial charge >= 0.3 is 0 Å². The van der Waals surface area contributed by atoms with Gasteiger partial charge in [-0.05, 0) is 18.1 Å². The molecule has 0 atom stereocenters. The van der Waals surface area contributed by atoms with Crippen LogP contribution in [0.25, 0.3) is 0 Å². The van der Waals surface area contributed by atoms with E-state index in [1.165, 1.54) is 5.56 Å². The van der Waals surface area contributed by atoms with Gasteiger partial charge in [0.15, 0.2) is 0 Å². The summed E-state index contributed by atoms with van der Waals surface area (Å²) in [6.07, 6.45) is -0.0423. The molecule has 5 nitrogen and oxygen atoms in total. The van der Waals surface area contributed by atoms with Crippen LogP contribution in [0.2, 0.25) is 0 Å². The Morgan fingerprint density at radius 2 is 1.43 bits per heavy atom. The number of hydrogen-bond acceptors (Lipinski definition) is 3. The van der Waals surface area contributed by atoms with Gasteiger partial charge in [-0.25, -0.2) is 0 Å². The highest BCUT2D eigenvalue weighted by atomic mass is 16.2. The third kappa shape index (κ3) is 5.67. The highest BCUT2D eigenvalue weighted by Crippen LogP contribution is 2.11. The fraction of sp³-hybridized carbons (Fsp3) is 0.391. The monoisotopic (exact) mass is 379 g/mol. The van der Waals surface area contributed by atoms with Crippen molar-refractivity contribution >= 4 is 11.8 Å². The lowest BCUT2D eigenvalue weighted by Gasteiger charge is -2.35. The van der Waals surface area contributed by atoms with Gasteiger partial charge in [-0.1, -0.05) is 60.7 Å². The first kappa shape index (κ1) is 20.1. The van der Waals surface area contributed by atoms with Crippen molar-refractivity contribution in [2.24, 2.45) is 0 Å². The summed E-state index contributed by atoms with van der Waals surface area (Å²) in [4.78, 5) is 31.1. The Balaban J connectivity index is 1.46. The summed E-state index contributed by atoms with van der Waals surface area (Å²) in [5, 5.41) is 0. The minimum atomic E-state index is -0.0944. The van der Waals surface area contributed by atoms with E-state index >= 15 is 0 Å². The molecule has 0 unspecified atom stereocenters. The molecule has 1 saturated heterocycles. The molecular weight excluding hydrogens is 350 g/mol. The molecule has 2 aromatic carbocycles. The molecule has 0 radical (unpaired) electrons. The molecule has 0 aliphatic carbocycles. The summed E-state index contributed by atoms with van der Waals surface area (Å²) in [5.74, 6) is -0.154. The number of hydrogen-bond donors (Lipinski definition) is 0. The molecule has 0 N–H and O–H groups in total. The van der Waals surface area contributed by atoms with Crippen molar-refractivity contribution in [2.75, 3.05) is 32.7 Å². The van der Waals surface area contributed by atoms with Crippen LogP contribution >= 0.6 is 0 Å². The Hall–Kier alpha value is -2.66. The number of piperazine rings is 1. The van der Waals surface area contributed by atoms with E-state index in [4.69, 9.17) is 0 Å². The molecule has 0 bridgehead atoms. The van der Waals surface area contributed by atoms with Crippen LogP contribution in [0.3, 0.4) is 0 Å². The fourth-order valence-electron chi connectivity index (χ4n) is 3.53. The Kier molecular flexibility index (Phi) is 7.20. The Bertz CT molecular complexity index is 756. The van der Waals surface area contributed by atoms with Crippen LogP contribution in [0.15, 0.2) is 60.7 Å². The Morgan fingerprint density at radius 1 is 0.857 bits per heavy atom. The largest absolute Gasteiger partial charge is 0.340 e. The van der Waals surface area contributed by atoms with E-state index in [0.29, 0.717) is 26.2 Å². The van der Waals surface area contributed by atoms with Crippen molar-refractivity contribution in [1.82, 2.24) is 14.7 Å². The minimum Gasteiger partial charge on any atom is -0.340 e. The highest BCUT2D eigenvalue weighted by Gasteiger charge is 2.24. The standard InChI is InChI=1S/C23H29N3O2/c1-2-25(19-21-11-7-4-8-12-21)22(27)17-23(28)26-15-13-24(14-16-26)18-20-9-5-3-6-10-20/h3-12H,2,13-19H2,1H3. The summed E-state index contributed by atoms with van der Waals surface area (Å²) in [6, 6.07) is 20.3. The molecule has 3 rings (SSSR count). The van der Waals surface area contributed by atoms with Gasteiger partial charge in [0, 0.05) is 45.8 Å². The maximum atomic E-state index is 12.6. The predicted molar refractivity (Wildman–Crippen MR) is 110 cm³/mol. The van der Waals surface area contributed by atoms with Gasteiger partial charge in [0.2, 0.25) is 11.8 Å². The first-order valence-electron chi connectivity index (χ1n) is 10.0. The number of amides is 2. The fourth-order valence-corrected chi connectivity index (χ4v) is 3.53. The third-order valence-electron chi connectivity index (χ3n) is 5.23. The van der Waals surface area contributed by atoms with Crippen molar-refractivity contribution in [3.63, 3.8) is 0 Å². The van der Waals surface area contributed by atoms with E-state index in [1.807, 2.05) is 48.2 Å². The van der Waals surface area contributed by atoms with Gasteiger partial charge < -0.3 is 9.80 Å². The molecule has 28 heavy (non-hydrogen) atoms. The Labute approximate surface area is 167 Å². The second-order valence-electron chi connectivity index (χ2n) is 7.21. The van der Waals surface area contributed by atoms with E-state index in [1.54, 1.807) is 4.90 Å². The molecule has 2 amide bonds. The SMILES string of the molecule is CCN(Cc1ccccc1)C(=O)CC(=O)N1CCN(Cc2ccccc2)CC1. The van der Waals surface area contributed by atoms with Gasteiger partial charge in [-0.2, -0.15) is 0 Å². The summed E-state index contributed by atoms with van der Waals surface area (Å²) < 4.78 is 0. The predicted octanol–water partition coefficient (Wildman–Crippen LogP) is 2.77. The van der Waals surface area contributed by atoms with Gasteiger partial charge in [0.25, 0.3) is 0 Å². The molecule has 0 spiro atoms. The van der Waals surface area contributed by atoms with E-state index in [-0.39, 0.29) is 18.2 Å². The quantitative estimate of drug-likeness (QED) is 0.695. The lowest BCUT2D eigenvalue weighted by Crippen LogP contribution is -2.49. The second kappa shape index (κ2) is 10.0. The van der Waals surface area contributed by atoms with Crippen molar-refractivity contribution < 1.29 is 9.59 Å². The topological polar surface area (TPSA) is 43.9 Å². The van der Waals surface area contributed by atoms with Crippen LogP contribution in [0, 0.1) is 0 Å². The lowest BCUT2D eigenvalue weighted by molar-refractivity contribution is -0.141. The number of rotatable bonds is 7. The zero-order valence-electron chi connectivity index (χ0n) is 16.6. The molecule has 1 aliphatic rings. The van der Waals surface area contributed by atoms with Crippen molar-refractivity contribution in [2.45, 2.75) is 26.4 Å². The van der Waals surface area contributed by atoms with Crippen LogP contribution in [-0.4, -0.2) is 59.2 Å². The summed E-state index contributed by atoms with van der Waals surface area (Å²) >= 11 is 0. The summed E-state index contributed by atoms with van der Waals surface area (Å²) in [6.45, 7) is 7.07. The number of nitrogens with zero attached hydrogens (tertiary/aromatic N) is 3. The van der Waals surface area contributed by atoms with Crippen LogP contribution in [0.4, 0.5) is 0 Å². The zero-order valence-corrected chi connectivity index (χ0v) is 16.6. The van der Waals surface area contributed by atoms with Crippen LogP contribution in [-0.2, 0) is 22.7 Å². The van der Waals surface area contributed by atoms with E-state index < -0.39 is 0 Å². The van der Waals surface area contributed by atoms with E-state index in [0.717, 1.165) is 25.2 Å². The smallest absolute Gasteiger partial charge is 0.232 e. The molecule has 148 valence electrons. The van der Waals surface area contributed by atoms with Gasteiger partial charge in [0.1, 0.15) is 6.42 Å². The molecule has 5 heteroatoms. The zero-order chi connectivity index (χ0) is 19.8. The first-order chi connectivity index (χ1) is 13.7. The van der Waals surface area contributed by atoms with Crippen LogP contribution in [0.5, 0.6) is 0 Å². The number of carbonyl (C=O) groups excluding carboxylic acids is 2. The number of carbonyl (C=O) groups is 2. The van der Waals surface area contributed by atoms with Gasteiger partial charge in [-0.3, -0.25) is 14.5 Å². The highest BCUT2D eigenvalue weighted by molar-refractivity contribution is 5.96. The van der Waals surface area contributed by atoms with Crippen molar-refractivity contribution in [3.8, 4) is 0 Å². The molecular formula is C23H29N3O2. The molecule has 1 heterocycles. The molecule has 1 fully saturated rings. The van der Waals surface area contributed by atoms with E-state index in [2.05, 4.69) is 29.2 Å². The average Bonchev–Trinajstić information content (AvgIpc) is 2.74. The third-order valence-corrected chi connectivity index (χ3v) is 5.23. The van der Waals surface area contributed by atoms with Crippen LogP contribution in [0.1, 0.15) is 24.5 Å². The lowest BCUT2D eigenvalue weighted by atomic mass is 10.2. The number of benzene rings is 2. The minimum absolute atomic E-state index is 0.0423. The van der Waals surface area contributed by atoms with Crippen LogP contribution < -0.4 is 0 Å².